The van der Waals surface area contributed by atoms with Gasteiger partial charge in [-0.15, -0.1) is 0 Å². The average molecular weight is 615 g/mol. The molecular formula is C34H42N6O5. The maximum Gasteiger partial charge on any atom is 0.412 e. The molecule has 0 saturated heterocycles. The maximum atomic E-state index is 13.5. The molecule has 0 saturated carbocycles. The fraction of sp³-hybridized carbons (Fsp3) is 0.353. The molecule has 3 aromatic rings. The van der Waals surface area contributed by atoms with E-state index >= 15 is 0 Å². The van der Waals surface area contributed by atoms with Crippen molar-refractivity contribution in [1.29, 1.82) is 5.41 Å². The molecule has 1 aromatic heterocycles. The van der Waals surface area contributed by atoms with Gasteiger partial charge in [0, 0.05) is 35.8 Å². The van der Waals surface area contributed by atoms with Crippen molar-refractivity contribution in [2.24, 2.45) is 4.99 Å². The van der Waals surface area contributed by atoms with Gasteiger partial charge in [-0.25, -0.2) is 9.78 Å². The number of pyridine rings is 1. The van der Waals surface area contributed by atoms with Crippen molar-refractivity contribution in [1.82, 2.24) is 10.3 Å². The molecule has 0 aliphatic rings. The number of nitrogens with zero attached hydrogens (tertiary/aromatic N) is 3. The first-order chi connectivity index (χ1) is 21.8. The van der Waals surface area contributed by atoms with E-state index in [0.717, 1.165) is 36.9 Å². The molecule has 2 amide bonds. The number of amides is 2. The van der Waals surface area contributed by atoms with Crippen LogP contribution in [0, 0.1) is 12.3 Å². The fourth-order valence-corrected chi connectivity index (χ4v) is 4.27. The van der Waals surface area contributed by atoms with Crippen LogP contribution in [0.25, 0.3) is 0 Å². The highest BCUT2D eigenvalue weighted by molar-refractivity contribution is 6.06. The third-order valence-corrected chi connectivity index (χ3v) is 6.73. The highest BCUT2D eigenvalue weighted by Crippen LogP contribution is 2.23. The third-order valence-electron chi connectivity index (χ3n) is 6.73. The molecule has 0 aliphatic carbocycles. The van der Waals surface area contributed by atoms with Gasteiger partial charge in [0.2, 0.25) is 0 Å². The zero-order chi connectivity index (χ0) is 32.4. The minimum absolute atomic E-state index is 0.0333. The third kappa shape index (κ3) is 11.5. The van der Waals surface area contributed by atoms with Crippen molar-refractivity contribution < 1.29 is 23.9 Å². The summed E-state index contributed by atoms with van der Waals surface area (Å²) in [6.07, 6.45) is 6.76. The first kappa shape index (κ1) is 34.4. The van der Waals surface area contributed by atoms with Gasteiger partial charge < -0.3 is 14.8 Å². The Labute approximate surface area is 264 Å². The first-order valence-electron chi connectivity index (χ1n) is 15.2. The maximum absolute atomic E-state index is 13.5. The predicted molar refractivity (Wildman–Crippen MR) is 177 cm³/mol. The van der Waals surface area contributed by atoms with Crippen LogP contribution < -0.4 is 15.5 Å². The molecule has 0 spiro atoms. The quantitative estimate of drug-likeness (QED) is 0.0729. The van der Waals surface area contributed by atoms with E-state index in [9.17, 15) is 14.4 Å². The van der Waals surface area contributed by atoms with Gasteiger partial charge in [-0.05, 0) is 74.4 Å². The first-order valence-corrected chi connectivity index (χ1v) is 15.2. The molecule has 0 radical (unpaired) electrons. The Morgan fingerprint density at radius 2 is 1.76 bits per heavy atom. The van der Waals surface area contributed by atoms with Crippen LogP contribution in [0.2, 0.25) is 0 Å². The van der Waals surface area contributed by atoms with Crippen molar-refractivity contribution in [3.8, 4) is 0 Å². The Kier molecular flexibility index (Phi) is 14.2. The number of aliphatic imine (C=N–C) groups is 1. The van der Waals surface area contributed by atoms with Crippen molar-refractivity contribution in [2.45, 2.75) is 52.9 Å². The molecule has 0 fully saturated rings. The number of carbonyl (C=O) groups is 3. The summed E-state index contributed by atoms with van der Waals surface area (Å²) < 4.78 is 10.2. The lowest BCUT2D eigenvalue weighted by Crippen LogP contribution is -2.34. The Morgan fingerprint density at radius 1 is 0.978 bits per heavy atom. The molecule has 2 aromatic carbocycles. The monoisotopic (exact) mass is 614 g/mol. The lowest BCUT2D eigenvalue weighted by Gasteiger charge is -2.21. The molecule has 0 bridgehead atoms. The molecule has 45 heavy (non-hydrogen) atoms. The highest BCUT2D eigenvalue weighted by atomic mass is 16.5. The van der Waals surface area contributed by atoms with Crippen molar-refractivity contribution >= 4 is 47.2 Å². The van der Waals surface area contributed by atoms with Gasteiger partial charge >= 0.3 is 12.1 Å². The van der Waals surface area contributed by atoms with Crippen LogP contribution in [-0.4, -0.2) is 61.3 Å². The highest BCUT2D eigenvalue weighted by Gasteiger charge is 2.21. The number of nitrogens with one attached hydrogen (secondary N) is 3. The van der Waals surface area contributed by atoms with E-state index in [1.165, 1.54) is 4.90 Å². The van der Waals surface area contributed by atoms with E-state index in [0.29, 0.717) is 35.8 Å². The Bertz CT molecular complexity index is 1440. The van der Waals surface area contributed by atoms with Crippen molar-refractivity contribution in [2.75, 3.05) is 36.5 Å². The summed E-state index contributed by atoms with van der Waals surface area (Å²) in [6, 6.07) is 17.6. The summed E-state index contributed by atoms with van der Waals surface area (Å²) in [7, 11) is 0. The van der Waals surface area contributed by atoms with Gasteiger partial charge in [0.25, 0.3) is 5.91 Å². The summed E-state index contributed by atoms with van der Waals surface area (Å²) in [6.45, 7) is 6.92. The number of anilines is 2. The van der Waals surface area contributed by atoms with Crippen LogP contribution in [0.1, 0.15) is 67.4 Å². The number of unbranched alkanes of at least 4 members (excludes halogenated alkanes) is 3. The zero-order valence-corrected chi connectivity index (χ0v) is 26.2. The molecule has 0 unspecified atom stereocenters. The minimum Gasteiger partial charge on any atom is -0.466 e. The summed E-state index contributed by atoms with van der Waals surface area (Å²) in [4.78, 5) is 47.8. The van der Waals surface area contributed by atoms with Crippen molar-refractivity contribution in [3.05, 3.63) is 83.6 Å². The lowest BCUT2D eigenvalue weighted by molar-refractivity contribution is -0.142. The number of esters is 1. The van der Waals surface area contributed by atoms with Crippen LogP contribution >= 0.6 is 0 Å². The molecule has 11 nitrogen and oxygen atoms in total. The van der Waals surface area contributed by atoms with Crippen LogP contribution in [-0.2, 0) is 14.3 Å². The van der Waals surface area contributed by atoms with Crippen molar-refractivity contribution in [3.63, 3.8) is 0 Å². The van der Waals surface area contributed by atoms with Crippen LogP contribution in [0.4, 0.5) is 22.0 Å². The lowest BCUT2D eigenvalue weighted by atomic mass is 10.1. The van der Waals surface area contributed by atoms with Gasteiger partial charge in [-0.2, -0.15) is 0 Å². The number of alkyl carbamates (subject to hydrolysis) is 1. The van der Waals surface area contributed by atoms with Gasteiger partial charge in [0.1, 0.15) is 11.7 Å². The second-order valence-electron chi connectivity index (χ2n) is 10.2. The Morgan fingerprint density at radius 3 is 2.47 bits per heavy atom. The van der Waals surface area contributed by atoms with Gasteiger partial charge in [-0.1, -0.05) is 38.3 Å². The minimum atomic E-state index is -0.628. The molecule has 0 aliphatic heterocycles. The van der Waals surface area contributed by atoms with E-state index in [1.54, 1.807) is 61.8 Å². The number of aromatic nitrogens is 1. The number of carbonyl (C=O) groups excluding carboxylic acids is 3. The molecule has 0 atom stereocenters. The predicted octanol–water partition coefficient (Wildman–Crippen LogP) is 6.44. The van der Waals surface area contributed by atoms with E-state index < -0.39 is 6.09 Å². The number of amidine groups is 1. The summed E-state index contributed by atoms with van der Waals surface area (Å²) >= 11 is 0. The number of benzene rings is 2. The molecule has 3 N–H and O–H groups in total. The van der Waals surface area contributed by atoms with Gasteiger partial charge in [0.05, 0.1) is 31.9 Å². The Balaban J connectivity index is 1.56. The van der Waals surface area contributed by atoms with Crippen LogP contribution in [0.5, 0.6) is 0 Å². The van der Waals surface area contributed by atoms with E-state index in [-0.39, 0.29) is 37.3 Å². The number of aryl methyl sites for hydroxylation is 1. The van der Waals surface area contributed by atoms with E-state index in [1.807, 2.05) is 25.1 Å². The van der Waals surface area contributed by atoms with E-state index in [4.69, 9.17) is 14.9 Å². The second kappa shape index (κ2) is 18.6. The average Bonchev–Trinajstić information content (AvgIpc) is 3.04. The topological polar surface area (TPSA) is 146 Å². The summed E-state index contributed by atoms with van der Waals surface area (Å²) in [5.74, 6) is -0.274. The SMILES string of the molecule is CCCCCCOC(=O)NC(=N)c1ccc(NCC=Nc2cc(C(=O)N(CCC(=O)OCC)c3ccccn3)ccc2C)cc1. The second-order valence-corrected chi connectivity index (χ2v) is 10.2. The van der Waals surface area contributed by atoms with Crippen LogP contribution in [0.3, 0.4) is 0 Å². The Hall–Kier alpha value is -5.06. The standard InChI is InChI=1S/C34H42N6O5/c1-4-6-7-10-23-45-34(43)39-32(35)26-14-16-28(17-15-26)36-20-21-37-29-24-27(13-12-25(29)3)33(42)40(22-18-31(41)44-5-2)30-11-8-9-19-38-30/h8-9,11-17,19,21,24,36H,4-7,10,18,20,22-23H2,1-3H3,(H2,35,39,43). The molecule has 238 valence electrons. The summed E-state index contributed by atoms with van der Waals surface area (Å²) in [5, 5.41) is 13.8. The molecule has 1 heterocycles. The largest absolute Gasteiger partial charge is 0.466 e. The number of ether oxygens (including phenoxy) is 2. The molecule has 3 rings (SSSR count). The molecule has 11 heteroatoms. The number of hydrogen-bond acceptors (Lipinski definition) is 9. The number of rotatable bonds is 16. The smallest absolute Gasteiger partial charge is 0.412 e. The van der Waals surface area contributed by atoms with Gasteiger partial charge in [0.15, 0.2) is 0 Å². The zero-order valence-electron chi connectivity index (χ0n) is 26.2. The molecular weight excluding hydrogens is 572 g/mol. The normalized spacial score (nSPS) is 10.7. The fourth-order valence-electron chi connectivity index (χ4n) is 4.27. The summed E-state index contributed by atoms with van der Waals surface area (Å²) in [5.41, 5.74) is 3.32. The van der Waals surface area contributed by atoms with E-state index in [2.05, 4.69) is 27.5 Å². The van der Waals surface area contributed by atoms with Gasteiger partial charge in [-0.3, -0.25) is 30.2 Å². The van der Waals surface area contributed by atoms with Crippen LogP contribution in [0.15, 0.2) is 71.9 Å². The number of hydrogen-bond donors (Lipinski definition) is 3.